The number of likely N-dealkylation sites (N-methyl/N-ethyl adjacent to an activating group) is 2. The van der Waals surface area contributed by atoms with Crippen molar-refractivity contribution < 1.29 is 4.74 Å². The van der Waals surface area contributed by atoms with Gasteiger partial charge in [0.15, 0.2) is 0 Å². The van der Waals surface area contributed by atoms with Crippen LogP contribution in [-0.4, -0.2) is 44.3 Å². The lowest BCUT2D eigenvalue weighted by Gasteiger charge is -2.40. The van der Waals surface area contributed by atoms with Crippen LogP contribution >= 0.6 is 27.5 Å². The van der Waals surface area contributed by atoms with Gasteiger partial charge in [-0.2, -0.15) is 0 Å². The van der Waals surface area contributed by atoms with E-state index in [0.29, 0.717) is 0 Å². The van der Waals surface area contributed by atoms with Crippen LogP contribution in [0.25, 0.3) is 0 Å². The normalized spacial score (nSPS) is 24.6. The van der Waals surface area contributed by atoms with Crippen LogP contribution in [0.4, 0.5) is 0 Å². The maximum atomic E-state index is 6.39. The molecule has 2 rings (SSSR count). The number of morpholine rings is 1. The zero-order valence-corrected chi connectivity index (χ0v) is 13.7. The summed E-state index contributed by atoms with van der Waals surface area (Å²) in [5.74, 6) is 0. The molecular formula is C14H20BrClN2O. The molecule has 1 aromatic rings. The molecule has 2 unspecified atom stereocenters. The molecule has 1 aliphatic rings. The monoisotopic (exact) mass is 346 g/mol. The standard InChI is InChI=1S/C14H20BrClN2O/c1-3-17-9-13-14(18(2)6-7-19-13)11-5-4-10(15)8-12(11)16/h4-5,8,13-14,17H,3,6-7,9H2,1-2H3. The number of nitrogens with zero attached hydrogens (tertiary/aromatic N) is 1. The van der Waals surface area contributed by atoms with Crippen LogP contribution in [0, 0.1) is 0 Å². The second-order valence-electron chi connectivity index (χ2n) is 4.81. The van der Waals surface area contributed by atoms with Gasteiger partial charge in [-0.1, -0.05) is 40.5 Å². The minimum absolute atomic E-state index is 0.136. The highest BCUT2D eigenvalue weighted by Gasteiger charge is 2.32. The van der Waals surface area contributed by atoms with Crippen LogP contribution in [0.2, 0.25) is 5.02 Å². The summed E-state index contributed by atoms with van der Waals surface area (Å²) < 4.78 is 6.93. The van der Waals surface area contributed by atoms with E-state index in [1.807, 2.05) is 12.1 Å². The third kappa shape index (κ3) is 3.70. The number of nitrogens with one attached hydrogen (secondary N) is 1. The fraction of sp³-hybridized carbons (Fsp3) is 0.571. The first kappa shape index (κ1) is 15.3. The van der Waals surface area contributed by atoms with Crippen molar-refractivity contribution in [2.75, 3.05) is 33.3 Å². The van der Waals surface area contributed by atoms with E-state index in [-0.39, 0.29) is 12.1 Å². The molecule has 1 N–H and O–H groups in total. The zero-order valence-electron chi connectivity index (χ0n) is 11.3. The van der Waals surface area contributed by atoms with Gasteiger partial charge in [-0.25, -0.2) is 0 Å². The van der Waals surface area contributed by atoms with Crippen LogP contribution in [0.5, 0.6) is 0 Å². The van der Waals surface area contributed by atoms with Crippen molar-refractivity contribution in [3.05, 3.63) is 33.3 Å². The number of hydrogen-bond donors (Lipinski definition) is 1. The molecule has 3 nitrogen and oxygen atoms in total. The molecule has 1 aliphatic heterocycles. The van der Waals surface area contributed by atoms with Gasteiger partial charge in [-0.15, -0.1) is 0 Å². The molecule has 5 heteroatoms. The summed E-state index contributed by atoms with van der Waals surface area (Å²) in [5.41, 5.74) is 1.13. The molecule has 1 saturated heterocycles. The van der Waals surface area contributed by atoms with Gasteiger partial charge in [0.05, 0.1) is 18.8 Å². The molecule has 0 aliphatic carbocycles. The van der Waals surface area contributed by atoms with Crippen LogP contribution in [-0.2, 0) is 4.74 Å². The molecule has 106 valence electrons. The number of halogens is 2. The number of hydrogen-bond acceptors (Lipinski definition) is 3. The van der Waals surface area contributed by atoms with Gasteiger partial charge in [-0.3, -0.25) is 4.90 Å². The highest BCUT2D eigenvalue weighted by Crippen LogP contribution is 2.34. The Balaban J connectivity index is 2.25. The van der Waals surface area contributed by atoms with Crippen molar-refractivity contribution >= 4 is 27.5 Å². The van der Waals surface area contributed by atoms with E-state index < -0.39 is 0 Å². The summed E-state index contributed by atoms with van der Waals surface area (Å²) in [7, 11) is 2.13. The molecular weight excluding hydrogens is 328 g/mol. The Morgan fingerprint density at radius 1 is 1.53 bits per heavy atom. The highest BCUT2D eigenvalue weighted by molar-refractivity contribution is 9.10. The molecule has 0 amide bonds. The Morgan fingerprint density at radius 3 is 3.00 bits per heavy atom. The Morgan fingerprint density at radius 2 is 2.32 bits per heavy atom. The van der Waals surface area contributed by atoms with Crippen LogP contribution in [0.3, 0.4) is 0 Å². The second kappa shape index (κ2) is 7.04. The second-order valence-corrected chi connectivity index (χ2v) is 6.13. The number of ether oxygens (including phenoxy) is 1. The average Bonchev–Trinajstić information content (AvgIpc) is 2.37. The van der Waals surface area contributed by atoms with Crippen LogP contribution in [0.15, 0.2) is 22.7 Å². The maximum Gasteiger partial charge on any atom is 0.0896 e. The van der Waals surface area contributed by atoms with Crippen molar-refractivity contribution in [2.24, 2.45) is 0 Å². The summed E-state index contributed by atoms with van der Waals surface area (Å²) in [4.78, 5) is 2.32. The quantitative estimate of drug-likeness (QED) is 0.906. The first-order valence-electron chi connectivity index (χ1n) is 6.61. The minimum atomic E-state index is 0.136. The summed E-state index contributed by atoms with van der Waals surface area (Å²) >= 11 is 9.85. The topological polar surface area (TPSA) is 24.5 Å². The third-order valence-electron chi connectivity index (χ3n) is 3.48. The smallest absolute Gasteiger partial charge is 0.0896 e. The van der Waals surface area contributed by atoms with Crippen LogP contribution in [0.1, 0.15) is 18.5 Å². The molecule has 1 aromatic carbocycles. The maximum absolute atomic E-state index is 6.39. The van der Waals surface area contributed by atoms with Gasteiger partial charge in [-0.05, 0) is 31.3 Å². The molecule has 1 heterocycles. The average molecular weight is 348 g/mol. The van der Waals surface area contributed by atoms with Gasteiger partial charge in [0, 0.05) is 22.6 Å². The van der Waals surface area contributed by atoms with E-state index >= 15 is 0 Å². The molecule has 1 fully saturated rings. The van der Waals surface area contributed by atoms with E-state index in [1.54, 1.807) is 0 Å². The van der Waals surface area contributed by atoms with Gasteiger partial charge < -0.3 is 10.1 Å². The molecule has 19 heavy (non-hydrogen) atoms. The summed E-state index contributed by atoms with van der Waals surface area (Å²) in [5, 5.41) is 4.16. The lowest BCUT2D eigenvalue weighted by atomic mass is 9.98. The van der Waals surface area contributed by atoms with E-state index in [0.717, 1.165) is 41.3 Å². The highest BCUT2D eigenvalue weighted by atomic mass is 79.9. The fourth-order valence-electron chi connectivity index (χ4n) is 2.50. The first-order valence-corrected chi connectivity index (χ1v) is 7.78. The van der Waals surface area contributed by atoms with Crippen LogP contribution < -0.4 is 5.32 Å². The van der Waals surface area contributed by atoms with Crippen molar-refractivity contribution in [3.63, 3.8) is 0 Å². The summed E-state index contributed by atoms with van der Waals surface area (Å²) in [6, 6.07) is 6.27. The molecule has 0 saturated carbocycles. The largest absolute Gasteiger partial charge is 0.374 e. The predicted octanol–water partition coefficient (Wildman–Crippen LogP) is 3.08. The summed E-state index contributed by atoms with van der Waals surface area (Å²) in [6.45, 7) is 5.60. The van der Waals surface area contributed by atoms with Gasteiger partial charge in [0.1, 0.15) is 0 Å². The molecule has 2 atom stereocenters. The number of benzene rings is 1. The SMILES string of the molecule is CCNCC1OCCN(C)C1c1ccc(Br)cc1Cl. The Kier molecular flexibility index (Phi) is 5.66. The first-order chi connectivity index (χ1) is 9.13. The van der Waals surface area contributed by atoms with Gasteiger partial charge in [0.2, 0.25) is 0 Å². The lowest BCUT2D eigenvalue weighted by molar-refractivity contribution is -0.0611. The molecule has 0 aromatic heterocycles. The van der Waals surface area contributed by atoms with Gasteiger partial charge >= 0.3 is 0 Å². The lowest BCUT2D eigenvalue weighted by Crippen LogP contribution is -2.47. The predicted molar refractivity (Wildman–Crippen MR) is 82.8 cm³/mol. The third-order valence-corrected chi connectivity index (χ3v) is 4.30. The Labute approximate surface area is 128 Å². The number of rotatable bonds is 4. The molecule has 0 bridgehead atoms. The van der Waals surface area contributed by atoms with Crippen molar-refractivity contribution in [2.45, 2.75) is 19.1 Å². The zero-order chi connectivity index (χ0) is 13.8. The summed E-state index contributed by atoms with van der Waals surface area (Å²) in [6.07, 6.45) is 0.136. The van der Waals surface area contributed by atoms with E-state index in [2.05, 4.69) is 46.2 Å². The fourth-order valence-corrected chi connectivity index (χ4v) is 3.28. The Hall–Kier alpha value is -0.130. The van der Waals surface area contributed by atoms with E-state index in [9.17, 15) is 0 Å². The molecule has 0 radical (unpaired) electrons. The molecule has 0 spiro atoms. The van der Waals surface area contributed by atoms with Crippen molar-refractivity contribution in [1.29, 1.82) is 0 Å². The van der Waals surface area contributed by atoms with Crippen molar-refractivity contribution in [1.82, 2.24) is 10.2 Å². The van der Waals surface area contributed by atoms with E-state index in [4.69, 9.17) is 16.3 Å². The van der Waals surface area contributed by atoms with Gasteiger partial charge in [0.25, 0.3) is 0 Å². The van der Waals surface area contributed by atoms with Crippen molar-refractivity contribution in [3.8, 4) is 0 Å². The minimum Gasteiger partial charge on any atom is -0.374 e. The van der Waals surface area contributed by atoms with E-state index in [1.165, 1.54) is 0 Å². The Bertz CT molecular complexity index is 430.